The second-order valence-electron chi connectivity index (χ2n) is 7.55. The predicted molar refractivity (Wildman–Crippen MR) is 117 cm³/mol. The minimum absolute atomic E-state index is 0.107. The number of nitrogens with zero attached hydrogens (tertiary/aromatic N) is 1. The van der Waals surface area contributed by atoms with Gasteiger partial charge in [-0.15, -0.1) is 0 Å². The third-order valence-electron chi connectivity index (χ3n) is 5.45. The van der Waals surface area contributed by atoms with E-state index in [4.69, 9.17) is 9.47 Å². The number of amides is 2. The molecule has 6 heteroatoms. The summed E-state index contributed by atoms with van der Waals surface area (Å²) in [5.41, 5.74) is 2.05. The van der Waals surface area contributed by atoms with E-state index in [1.165, 1.54) is 0 Å². The first-order valence-electron chi connectivity index (χ1n) is 10.5. The molecule has 2 amide bonds. The second-order valence-corrected chi connectivity index (χ2v) is 7.55. The van der Waals surface area contributed by atoms with Crippen LogP contribution in [0.25, 0.3) is 0 Å². The average Bonchev–Trinajstić information content (AvgIpc) is 2.79. The summed E-state index contributed by atoms with van der Waals surface area (Å²) in [5.74, 6) is 0.650. The maximum absolute atomic E-state index is 12.9. The number of anilines is 1. The lowest BCUT2D eigenvalue weighted by atomic mass is 9.98. The first-order valence-corrected chi connectivity index (χ1v) is 10.5. The molecule has 2 unspecified atom stereocenters. The number of carbonyl (C=O) groups excluding carboxylic acids is 2. The number of morpholine rings is 1. The summed E-state index contributed by atoms with van der Waals surface area (Å²) >= 11 is 0. The molecule has 1 N–H and O–H groups in total. The molecule has 1 saturated heterocycles. The highest BCUT2D eigenvalue weighted by molar-refractivity contribution is 6.04. The molecule has 1 aliphatic rings. The molecular formula is C24H30N2O4. The molecule has 6 nitrogen and oxygen atoms in total. The fourth-order valence-electron chi connectivity index (χ4n) is 3.41. The fraction of sp³-hybridized carbons (Fsp3) is 0.417. The van der Waals surface area contributed by atoms with Crippen molar-refractivity contribution in [3.05, 3.63) is 59.7 Å². The quantitative estimate of drug-likeness (QED) is 0.747. The van der Waals surface area contributed by atoms with Gasteiger partial charge in [-0.3, -0.25) is 9.59 Å². The van der Waals surface area contributed by atoms with Gasteiger partial charge < -0.3 is 19.7 Å². The molecule has 1 aliphatic heterocycles. The summed E-state index contributed by atoms with van der Waals surface area (Å²) in [6.45, 7) is 8.14. The van der Waals surface area contributed by atoms with Crippen molar-refractivity contribution in [3.8, 4) is 5.75 Å². The van der Waals surface area contributed by atoms with Gasteiger partial charge in [0, 0.05) is 13.1 Å². The van der Waals surface area contributed by atoms with Crippen LogP contribution in [0.2, 0.25) is 0 Å². The Bertz CT molecular complexity index is 877. The predicted octanol–water partition coefficient (Wildman–Crippen LogP) is 4.08. The van der Waals surface area contributed by atoms with Crippen molar-refractivity contribution >= 4 is 17.5 Å². The van der Waals surface area contributed by atoms with Gasteiger partial charge in [0.25, 0.3) is 11.8 Å². The number of hydrogen-bond acceptors (Lipinski definition) is 4. The molecule has 0 radical (unpaired) electrons. The summed E-state index contributed by atoms with van der Waals surface area (Å²) in [7, 11) is 0. The summed E-state index contributed by atoms with van der Waals surface area (Å²) in [4.78, 5) is 27.5. The number of para-hydroxylation sites is 2. The van der Waals surface area contributed by atoms with Crippen LogP contribution < -0.4 is 10.1 Å². The van der Waals surface area contributed by atoms with Crippen LogP contribution in [0.5, 0.6) is 5.75 Å². The van der Waals surface area contributed by atoms with Crippen molar-refractivity contribution in [2.24, 2.45) is 0 Å². The SMILES string of the molecule is CCC(C)c1ccccc1OC(C)C(=O)Nc1ccccc1C(=O)N1CCOCC1. The van der Waals surface area contributed by atoms with E-state index in [2.05, 4.69) is 19.2 Å². The molecule has 0 aromatic heterocycles. The number of hydrogen-bond donors (Lipinski definition) is 1. The molecule has 1 fully saturated rings. The average molecular weight is 411 g/mol. The molecule has 160 valence electrons. The zero-order chi connectivity index (χ0) is 21.5. The van der Waals surface area contributed by atoms with E-state index in [9.17, 15) is 9.59 Å². The highest BCUT2D eigenvalue weighted by Crippen LogP contribution is 2.29. The number of ether oxygens (including phenoxy) is 2. The van der Waals surface area contributed by atoms with E-state index in [1.54, 1.807) is 36.1 Å². The summed E-state index contributed by atoms with van der Waals surface area (Å²) in [6, 6.07) is 14.9. The van der Waals surface area contributed by atoms with Crippen molar-refractivity contribution in [2.75, 3.05) is 31.6 Å². The smallest absolute Gasteiger partial charge is 0.265 e. The van der Waals surface area contributed by atoms with Crippen LogP contribution in [-0.2, 0) is 9.53 Å². The summed E-state index contributed by atoms with van der Waals surface area (Å²) in [5, 5.41) is 2.87. The van der Waals surface area contributed by atoms with Gasteiger partial charge in [-0.05, 0) is 43.0 Å². The third kappa shape index (κ3) is 5.19. The maximum atomic E-state index is 12.9. The standard InChI is InChI=1S/C24H30N2O4/c1-4-17(2)19-9-6-8-12-22(19)30-18(3)23(27)25-21-11-7-5-10-20(21)24(28)26-13-15-29-16-14-26/h5-12,17-18H,4,13-16H2,1-3H3,(H,25,27). The Morgan fingerprint density at radius 1 is 1.07 bits per heavy atom. The van der Waals surface area contributed by atoms with Gasteiger partial charge in [0.05, 0.1) is 24.5 Å². The maximum Gasteiger partial charge on any atom is 0.265 e. The van der Waals surface area contributed by atoms with Crippen LogP contribution in [0, 0.1) is 0 Å². The molecular weight excluding hydrogens is 380 g/mol. The zero-order valence-corrected chi connectivity index (χ0v) is 17.9. The molecule has 3 rings (SSSR count). The topological polar surface area (TPSA) is 67.9 Å². The van der Waals surface area contributed by atoms with E-state index in [0.29, 0.717) is 49.2 Å². The molecule has 1 heterocycles. The van der Waals surface area contributed by atoms with Crippen molar-refractivity contribution in [1.82, 2.24) is 4.90 Å². The van der Waals surface area contributed by atoms with E-state index >= 15 is 0 Å². The first kappa shape index (κ1) is 21.8. The van der Waals surface area contributed by atoms with Crippen molar-refractivity contribution in [1.29, 1.82) is 0 Å². The number of benzene rings is 2. The van der Waals surface area contributed by atoms with E-state index in [-0.39, 0.29) is 11.8 Å². The Morgan fingerprint density at radius 3 is 2.47 bits per heavy atom. The van der Waals surface area contributed by atoms with E-state index in [0.717, 1.165) is 12.0 Å². The van der Waals surface area contributed by atoms with Crippen LogP contribution in [0.15, 0.2) is 48.5 Å². The second kappa shape index (κ2) is 10.3. The lowest BCUT2D eigenvalue weighted by Gasteiger charge is -2.27. The molecule has 30 heavy (non-hydrogen) atoms. The van der Waals surface area contributed by atoms with Crippen LogP contribution in [0.3, 0.4) is 0 Å². The number of carbonyl (C=O) groups is 2. The van der Waals surface area contributed by atoms with Crippen molar-refractivity contribution in [2.45, 2.75) is 39.2 Å². The molecule has 2 atom stereocenters. The van der Waals surface area contributed by atoms with Crippen LogP contribution in [0.4, 0.5) is 5.69 Å². The normalized spacial score (nSPS) is 15.9. The Balaban J connectivity index is 1.71. The van der Waals surface area contributed by atoms with Gasteiger partial charge in [-0.1, -0.05) is 44.2 Å². The highest BCUT2D eigenvalue weighted by Gasteiger charge is 2.23. The zero-order valence-electron chi connectivity index (χ0n) is 17.9. The van der Waals surface area contributed by atoms with Gasteiger partial charge in [0.2, 0.25) is 0 Å². The van der Waals surface area contributed by atoms with Gasteiger partial charge in [0.15, 0.2) is 6.10 Å². The Hall–Kier alpha value is -2.86. The van der Waals surface area contributed by atoms with Gasteiger partial charge >= 0.3 is 0 Å². The van der Waals surface area contributed by atoms with Gasteiger partial charge in [-0.25, -0.2) is 0 Å². The summed E-state index contributed by atoms with van der Waals surface area (Å²) < 4.78 is 11.3. The van der Waals surface area contributed by atoms with Gasteiger partial charge in [-0.2, -0.15) is 0 Å². The largest absolute Gasteiger partial charge is 0.481 e. The molecule has 0 bridgehead atoms. The molecule has 0 spiro atoms. The number of rotatable bonds is 7. The monoisotopic (exact) mass is 410 g/mol. The lowest BCUT2D eigenvalue weighted by Crippen LogP contribution is -2.41. The minimum atomic E-state index is -0.707. The van der Waals surface area contributed by atoms with E-state index in [1.807, 2.05) is 24.3 Å². The van der Waals surface area contributed by atoms with Crippen LogP contribution in [-0.4, -0.2) is 49.1 Å². The third-order valence-corrected chi connectivity index (χ3v) is 5.45. The molecule has 0 aliphatic carbocycles. The minimum Gasteiger partial charge on any atom is -0.481 e. The molecule has 2 aromatic carbocycles. The fourth-order valence-corrected chi connectivity index (χ4v) is 3.41. The Kier molecular flexibility index (Phi) is 7.46. The van der Waals surface area contributed by atoms with E-state index < -0.39 is 6.10 Å². The lowest BCUT2D eigenvalue weighted by molar-refractivity contribution is -0.122. The van der Waals surface area contributed by atoms with Crippen LogP contribution in [0.1, 0.15) is 49.0 Å². The van der Waals surface area contributed by atoms with Crippen molar-refractivity contribution < 1.29 is 19.1 Å². The van der Waals surface area contributed by atoms with Crippen LogP contribution >= 0.6 is 0 Å². The Labute approximate surface area is 178 Å². The summed E-state index contributed by atoms with van der Waals surface area (Å²) in [6.07, 6.45) is 0.277. The van der Waals surface area contributed by atoms with Crippen molar-refractivity contribution in [3.63, 3.8) is 0 Å². The molecule has 0 saturated carbocycles. The first-order chi connectivity index (χ1) is 14.5. The van der Waals surface area contributed by atoms with Gasteiger partial charge in [0.1, 0.15) is 5.75 Å². The Morgan fingerprint density at radius 2 is 1.73 bits per heavy atom. The highest BCUT2D eigenvalue weighted by atomic mass is 16.5. The number of nitrogens with one attached hydrogen (secondary N) is 1. The molecule has 2 aromatic rings.